The Balaban J connectivity index is 0. The molecule has 0 saturated heterocycles. The summed E-state index contributed by atoms with van der Waals surface area (Å²) in [4.78, 5) is 10.1. The monoisotopic (exact) mass is 157 g/mol. The molecule has 0 heterocycles. The predicted octanol–water partition coefficient (Wildman–Crippen LogP) is 0.223. The minimum Gasteiger partial charge on any atom is -0.384 e. The molecule has 0 amide bonds. The fraction of sp³-hybridized carbons (Fsp3) is 0.800. The smallest absolute Gasteiger partial charge is 0.214 e. The Kier molecular flexibility index (Phi) is 9.96. The number of aliphatic hydroxyl groups is 1. The minimum absolute atomic E-state index is 0. The third kappa shape index (κ3) is 6.87. The SMILES string of the molecule is CCC[C@H](O)C(=O)S.[Na]. The van der Waals surface area contributed by atoms with Crippen LogP contribution in [0.1, 0.15) is 19.8 Å². The van der Waals surface area contributed by atoms with Crippen LogP contribution in [-0.2, 0) is 4.79 Å². The molecule has 0 aromatic heterocycles. The minimum atomic E-state index is -0.858. The Hall–Kier alpha value is 0.980. The molecule has 0 aromatic rings. The summed E-state index contributed by atoms with van der Waals surface area (Å²) in [5.74, 6) is 0. The molecule has 49 valence electrons. The zero-order valence-electron chi connectivity index (χ0n) is 5.79. The standard InChI is InChI=1S/C5H10O2S.Na/c1-2-3-4(6)5(7)8;/h4,6H,2-3H2,1H3,(H,7,8);/t4-;/m0./s1. The molecular formula is C5H10NaO2S. The molecule has 1 N–H and O–H groups in total. The summed E-state index contributed by atoms with van der Waals surface area (Å²) in [7, 11) is 0. The van der Waals surface area contributed by atoms with E-state index >= 15 is 0 Å². The second kappa shape index (κ2) is 7.09. The van der Waals surface area contributed by atoms with E-state index in [0.29, 0.717) is 6.42 Å². The van der Waals surface area contributed by atoms with Gasteiger partial charge in [0.05, 0.1) is 0 Å². The van der Waals surface area contributed by atoms with Crippen molar-refractivity contribution in [2.45, 2.75) is 25.9 Å². The van der Waals surface area contributed by atoms with Crippen molar-refractivity contribution in [1.82, 2.24) is 0 Å². The van der Waals surface area contributed by atoms with E-state index in [1.807, 2.05) is 6.92 Å². The second-order valence-electron chi connectivity index (χ2n) is 1.64. The molecule has 0 rings (SSSR count). The van der Waals surface area contributed by atoms with Crippen molar-refractivity contribution in [3.05, 3.63) is 0 Å². The van der Waals surface area contributed by atoms with Crippen LogP contribution in [0.3, 0.4) is 0 Å². The maximum atomic E-state index is 10.1. The van der Waals surface area contributed by atoms with E-state index in [1.165, 1.54) is 0 Å². The van der Waals surface area contributed by atoms with Crippen LogP contribution in [-0.4, -0.2) is 45.9 Å². The van der Waals surface area contributed by atoms with Gasteiger partial charge in [0.15, 0.2) is 0 Å². The summed E-state index contributed by atoms with van der Waals surface area (Å²) in [5, 5.41) is 8.26. The number of aliphatic hydroxyl groups excluding tert-OH is 1. The Labute approximate surface area is 82.7 Å². The van der Waals surface area contributed by atoms with Gasteiger partial charge in [0.1, 0.15) is 6.10 Å². The van der Waals surface area contributed by atoms with Crippen LogP contribution in [0.4, 0.5) is 0 Å². The van der Waals surface area contributed by atoms with Crippen LogP contribution in [0.25, 0.3) is 0 Å². The molecule has 0 saturated carbocycles. The van der Waals surface area contributed by atoms with Crippen LogP contribution in [0.2, 0.25) is 0 Å². The molecule has 0 aliphatic heterocycles. The van der Waals surface area contributed by atoms with Crippen molar-refractivity contribution < 1.29 is 9.90 Å². The number of thiol groups is 1. The molecular weight excluding hydrogens is 147 g/mol. The van der Waals surface area contributed by atoms with E-state index < -0.39 is 11.2 Å². The Morgan fingerprint density at radius 1 is 1.78 bits per heavy atom. The summed E-state index contributed by atoms with van der Waals surface area (Å²) in [6.45, 7) is 1.90. The van der Waals surface area contributed by atoms with Crippen molar-refractivity contribution in [3.8, 4) is 0 Å². The van der Waals surface area contributed by atoms with Crippen molar-refractivity contribution in [1.29, 1.82) is 0 Å². The molecule has 0 bridgehead atoms. The van der Waals surface area contributed by atoms with Crippen molar-refractivity contribution in [2.75, 3.05) is 0 Å². The third-order valence-corrected chi connectivity index (χ3v) is 1.15. The van der Waals surface area contributed by atoms with E-state index in [-0.39, 0.29) is 29.6 Å². The van der Waals surface area contributed by atoms with Gasteiger partial charge in [-0.25, -0.2) is 0 Å². The summed E-state index contributed by atoms with van der Waals surface area (Å²) in [6.07, 6.45) is 0.471. The van der Waals surface area contributed by atoms with Gasteiger partial charge in [0.2, 0.25) is 5.12 Å². The quantitative estimate of drug-likeness (QED) is 0.454. The first-order valence-corrected chi connectivity index (χ1v) is 3.04. The van der Waals surface area contributed by atoms with Crippen molar-refractivity contribution >= 4 is 47.3 Å². The average molecular weight is 157 g/mol. The van der Waals surface area contributed by atoms with Gasteiger partial charge in [-0.1, -0.05) is 13.3 Å². The van der Waals surface area contributed by atoms with Gasteiger partial charge in [0, 0.05) is 29.6 Å². The van der Waals surface area contributed by atoms with Gasteiger partial charge in [-0.05, 0) is 6.42 Å². The van der Waals surface area contributed by atoms with Gasteiger partial charge in [0.25, 0.3) is 0 Å². The molecule has 4 heteroatoms. The molecule has 0 unspecified atom stereocenters. The summed E-state index contributed by atoms with van der Waals surface area (Å²) < 4.78 is 0. The third-order valence-electron chi connectivity index (χ3n) is 0.847. The Morgan fingerprint density at radius 3 is 2.33 bits per heavy atom. The van der Waals surface area contributed by atoms with Crippen LogP contribution < -0.4 is 0 Å². The average Bonchev–Trinajstić information content (AvgIpc) is 1.67. The zero-order chi connectivity index (χ0) is 6.57. The molecule has 0 fully saturated rings. The summed E-state index contributed by atoms with van der Waals surface area (Å²) >= 11 is 3.44. The molecule has 9 heavy (non-hydrogen) atoms. The van der Waals surface area contributed by atoms with Gasteiger partial charge in [-0.3, -0.25) is 4.79 Å². The Bertz CT molecular complexity index is 87.0. The molecule has 1 radical (unpaired) electrons. The van der Waals surface area contributed by atoms with Gasteiger partial charge in [-0.2, -0.15) is 0 Å². The maximum Gasteiger partial charge on any atom is 0.214 e. The van der Waals surface area contributed by atoms with E-state index in [9.17, 15) is 4.79 Å². The fourth-order valence-corrected chi connectivity index (χ4v) is 0.526. The summed E-state index contributed by atoms with van der Waals surface area (Å²) in [5.41, 5.74) is 0. The predicted molar refractivity (Wildman–Crippen MR) is 40.7 cm³/mol. The first-order valence-electron chi connectivity index (χ1n) is 2.59. The second-order valence-corrected chi connectivity index (χ2v) is 2.08. The molecule has 0 aliphatic rings. The largest absolute Gasteiger partial charge is 0.384 e. The van der Waals surface area contributed by atoms with Crippen molar-refractivity contribution in [2.24, 2.45) is 0 Å². The first kappa shape index (κ1) is 12.6. The van der Waals surface area contributed by atoms with Gasteiger partial charge < -0.3 is 5.11 Å². The normalized spacial score (nSPS) is 11.9. The van der Waals surface area contributed by atoms with Crippen LogP contribution in [0.5, 0.6) is 0 Å². The van der Waals surface area contributed by atoms with E-state index in [4.69, 9.17) is 5.11 Å². The zero-order valence-corrected chi connectivity index (χ0v) is 8.69. The van der Waals surface area contributed by atoms with Gasteiger partial charge in [-0.15, -0.1) is 12.6 Å². The van der Waals surface area contributed by atoms with Crippen molar-refractivity contribution in [3.63, 3.8) is 0 Å². The fourth-order valence-electron chi connectivity index (χ4n) is 0.397. The number of carbonyl (C=O) groups excluding carboxylic acids is 1. The van der Waals surface area contributed by atoms with Crippen LogP contribution in [0, 0.1) is 0 Å². The number of hydrogen-bond donors (Lipinski definition) is 2. The molecule has 0 aliphatic carbocycles. The first-order chi connectivity index (χ1) is 3.68. The molecule has 2 nitrogen and oxygen atoms in total. The maximum absolute atomic E-state index is 10.1. The molecule has 1 atom stereocenters. The molecule has 0 spiro atoms. The van der Waals surface area contributed by atoms with Crippen LogP contribution >= 0.6 is 12.6 Å². The van der Waals surface area contributed by atoms with E-state index in [0.717, 1.165) is 6.42 Å². The van der Waals surface area contributed by atoms with Crippen LogP contribution in [0.15, 0.2) is 0 Å². The topological polar surface area (TPSA) is 37.3 Å². The number of hydrogen-bond acceptors (Lipinski definition) is 2. The number of rotatable bonds is 3. The number of carbonyl (C=O) groups is 1. The Morgan fingerprint density at radius 2 is 2.22 bits per heavy atom. The van der Waals surface area contributed by atoms with E-state index in [2.05, 4.69) is 12.6 Å². The van der Waals surface area contributed by atoms with Gasteiger partial charge >= 0.3 is 0 Å². The van der Waals surface area contributed by atoms with E-state index in [1.54, 1.807) is 0 Å². The summed E-state index contributed by atoms with van der Waals surface area (Å²) in [6, 6.07) is 0. The molecule has 0 aromatic carbocycles.